The predicted molar refractivity (Wildman–Crippen MR) is 110 cm³/mol. The van der Waals surface area contributed by atoms with Crippen LogP contribution in [-0.2, 0) is 4.79 Å². The number of ether oxygens (including phenoxy) is 2. The molecule has 1 atom stereocenters. The van der Waals surface area contributed by atoms with Crippen molar-refractivity contribution in [2.24, 2.45) is 0 Å². The number of rotatable bonds is 5. The van der Waals surface area contributed by atoms with Gasteiger partial charge < -0.3 is 9.47 Å². The highest BCUT2D eigenvalue weighted by atomic mass is 32.2. The maximum Gasteiger partial charge on any atom is 0.269 e. The average molecular weight is 406 g/mol. The van der Waals surface area contributed by atoms with Gasteiger partial charge in [-0.25, -0.2) is 0 Å². The molecule has 4 rings (SSSR count). The van der Waals surface area contributed by atoms with Crippen LogP contribution < -0.4 is 20.3 Å². The Morgan fingerprint density at radius 2 is 1.52 bits per heavy atom. The number of carbonyl (C=O) groups is 2. The number of hydrogen-bond acceptors (Lipinski definition) is 5. The first-order chi connectivity index (χ1) is 14.2. The van der Waals surface area contributed by atoms with Crippen LogP contribution in [0.25, 0.3) is 0 Å². The molecule has 0 fully saturated rings. The summed E-state index contributed by atoms with van der Waals surface area (Å²) in [7, 11) is 0. The van der Waals surface area contributed by atoms with Crippen molar-refractivity contribution in [1.82, 2.24) is 10.9 Å². The fraction of sp³-hybridized carbons (Fsp3) is 0.0909. The Bertz CT molecular complexity index is 1010. The van der Waals surface area contributed by atoms with Gasteiger partial charge in [-0.15, -0.1) is 11.8 Å². The van der Waals surface area contributed by atoms with E-state index < -0.39 is 11.2 Å². The van der Waals surface area contributed by atoms with E-state index in [1.807, 2.05) is 60.7 Å². The van der Waals surface area contributed by atoms with Crippen molar-refractivity contribution < 1.29 is 19.1 Å². The molecule has 3 aromatic rings. The maximum atomic E-state index is 12.9. The Morgan fingerprint density at radius 1 is 0.828 bits per heavy atom. The van der Waals surface area contributed by atoms with Crippen molar-refractivity contribution in [2.45, 2.75) is 10.1 Å². The summed E-state index contributed by atoms with van der Waals surface area (Å²) >= 11 is 1.41. The summed E-state index contributed by atoms with van der Waals surface area (Å²) in [6.45, 7) is 0.132. The number of nitrogens with one attached hydrogen (secondary N) is 2. The highest BCUT2D eigenvalue weighted by Gasteiger charge is 2.23. The van der Waals surface area contributed by atoms with Gasteiger partial charge in [-0.1, -0.05) is 48.5 Å². The summed E-state index contributed by atoms with van der Waals surface area (Å²) < 4.78 is 10.5. The Hall–Kier alpha value is -3.45. The van der Waals surface area contributed by atoms with Gasteiger partial charge >= 0.3 is 0 Å². The Labute approximate surface area is 172 Å². The van der Waals surface area contributed by atoms with E-state index in [1.54, 1.807) is 18.2 Å². The third kappa shape index (κ3) is 4.52. The van der Waals surface area contributed by atoms with Crippen LogP contribution in [0.1, 0.15) is 21.2 Å². The molecule has 0 saturated heterocycles. The quantitative estimate of drug-likeness (QED) is 0.499. The largest absolute Gasteiger partial charge is 0.454 e. The van der Waals surface area contributed by atoms with Crippen molar-refractivity contribution in [3.8, 4) is 11.5 Å². The number of amides is 2. The molecule has 3 aromatic carbocycles. The molecule has 146 valence electrons. The van der Waals surface area contributed by atoms with Crippen LogP contribution in [-0.4, -0.2) is 18.6 Å². The van der Waals surface area contributed by atoms with Crippen LogP contribution in [0.4, 0.5) is 0 Å². The summed E-state index contributed by atoms with van der Waals surface area (Å²) in [4.78, 5) is 26.3. The summed E-state index contributed by atoms with van der Waals surface area (Å²) in [5, 5.41) is -0.518. The number of hydrazine groups is 1. The second kappa shape index (κ2) is 8.70. The maximum absolute atomic E-state index is 12.9. The molecule has 0 spiro atoms. The first-order valence-electron chi connectivity index (χ1n) is 8.97. The molecule has 1 unspecified atom stereocenters. The van der Waals surface area contributed by atoms with Gasteiger partial charge in [-0.05, 0) is 35.9 Å². The summed E-state index contributed by atoms with van der Waals surface area (Å²) in [5.41, 5.74) is 6.22. The summed E-state index contributed by atoms with van der Waals surface area (Å²) in [6, 6.07) is 23.9. The summed E-state index contributed by atoms with van der Waals surface area (Å²) in [5.74, 6) is 0.340. The Morgan fingerprint density at radius 3 is 2.28 bits per heavy atom. The molecule has 0 radical (unpaired) electrons. The van der Waals surface area contributed by atoms with E-state index in [0.717, 1.165) is 10.5 Å². The van der Waals surface area contributed by atoms with Crippen molar-refractivity contribution in [2.75, 3.05) is 6.79 Å². The molecule has 2 N–H and O–H groups in total. The highest BCUT2D eigenvalue weighted by Crippen LogP contribution is 2.35. The van der Waals surface area contributed by atoms with Gasteiger partial charge in [0.05, 0.1) is 0 Å². The van der Waals surface area contributed by atoms with Gasteiger partial charge in [0.2, 0.25) is 6.79 Å². The minimum Gasteiger partial charge on any atom is -0.454 e. The summed E-state index contributed by atoms with van der Waals surface area (Å²) in [6.07, 6.45) is 0. The van der Waals surface area contributed by atoms with Crippen LogP contribution in [0.5, 0.6) is 11.5 Å². The van der Waals surface area contributed by atoms with Crippen LogP contribution in [0.3, 0.4) is 0 Å². The SMILES string of the molecule is O=C(NNC(=O)C(Sc1ccccc1)c1ccccc1)c1ccc2c(c1)OCO2. The van der Waals surface area contributed by atoms with E-state index in [9.17, 15) is 9.59 Å². The fourth-order valence-electron chi connectivity index (χ4n) is 2.83. The van der Waals surface area contributed by atoms with Crippen molar-refractivity contribution in [3.05, 3.63) is 90.0 Å². The lowest BCUT2D eigenvalue weighted by atomic mass is 10.1. The van der Waals surface area contributed by atoms with Crippen molar-refractivity contribution in [3.63, 3.8) is 0 Å². The molecule has 1 aliphatic rings. The first-order valence-corrected chi connectivity index (χ1v) is 9.85. The van der Waals surface area contributed by atoms with Crippen LogP contribution >= 0.6 is 11.8 Å². The zero-order valence-corrected chi connectivity index (χ0v) is 16.1. The van der Waals surface area contributed by atoms with Gasteiger partial charge in [0.1, 0.15) is 5.25 Å². The van der Waals surface area contributed by atoms with Gasteiger partial charge in [-0.3, -0.25) is 20.4 Å². The lowest BCUT2D eigenvalue weighted by Gasteiger charge is -2.17. The molecule has 1 heterocycles. The lowest BCUT2D eigenvalue weighted by Crippen LogP contribution is -2.43. The molecule has 29 heavy (non-hydrogen) atoms. The first kappa shape index (κ1) is 18.9. The molecule has 7 heteroatoms. The molecular weight excluding hydrogens is 388 g/mol. The normalized spacial score (nSPS) is 12.8. The topological polar surface area (TPSA) is 76.7 Å². The minimum atomic E-state index is -0.518. The molecular formula is C22H18N2O4S. The lowest BCUT2D eigenvalue weighted by molar-refractivity contribution is -0.121. The van der Waals surface area contributed by atoms with E-state index in [-0.39, 0.29) is 12.7 Å². The zero-order valence-electron chi connectivity index (χ0n) is 15.3. The number of carbonyl (C=O) groups excluding carboxylic acids is 2. The molecule has 0 bridgehead atoms. The molecule has 0 aromatic heterocycles. The predicted octanol–water partition coefficient (Wildman–Crippen LogP) is 3.71. The Kier molecular flexibility index (Phi) is 5.67. The molecule has 2 amide bonds. The second-order valence-corrected chi connectivity index (χ2v) is 7.41. The van der Waals surface area contributed by atoms with Gasteiger partial charge in [0.25, 0.3) is 11.8 Å². The molecule has 0 saturated carbocycles. The number of thioether (sulfide) groups is 1. The standard InChI is InChI=1S/C22H18N2O4S/c25-21(16-11-12-18-19(13-16)28-14-27-18)23-24-22(26)20(15-7-3-1-4-8-15)29-17-9-5-2-6-10-17/h1-13,20H,14H2,(H,23,25)(H,24,26). The highest BCUT2D eigenvalue weighted by molar-refractivity contribution is 8.00. The van der Waals surface area contributed by atoms with Crippen molar-refractivity contribution >= 4 is 23.6 Å². The van der Waals surface area contributed by atoms with Gasteiger partial charge in [0.15, 0.2) is 11.5 Å². The number of fused-ring (bicyclic) bond motifs is 1. The number of benzene rings is 3. The Balaban J connectivity index is 1.45. The smallest absolute Gasteiger partial charge is 0.269 e. The van der Waals surface area contributed by atoms with E-state index in [0.29, 0.717) is 17.1 Å². The second-order valence-electron chi connectivity index (χ2n) is 6.23. The molecule has 6 nitrogen and oxygen atoms in total. The monoisotopic (exact) mass is 406 g/mol. The molecule has 1 aliphatic heterocycles. The van der Waals surface area contributed by atoms with Gasteiger partial charge in [0, 0.05) is 10.5 Å². The fourth-order valence-corrected chi connectivity index (χ4v) is 3.88. The van der Waals surface area contributed by atoms with Gasteiger partial charge in [-0.2, -0.15) is 0 Å². The van der Waals surface area contributed by atoms with E-state index >= 15 is 0 Å². The van der Waals surface area contributed by atoms with Crippen LogP contribution in [0.2, 0.25) is 0 Å². The average Bonchev–Trinajstić information content (AvgIpc) is 3.25. The van der Waals surface area contributed by atoms with Crippen LogP contribution in [0, 0.1) is 0 Å². The van der Waals surface area contributed by atoms with Crippen LogP contribution in [0.15, 0.2) is 83.8 Å². The zero-order chi connectivity index (χ0) is 20.1. The number of hydrogen-bond donors (Lipinski definition) is 2. The van der Waals surface area contributed by atoms with Crippen molar-refractivity contribution in [1.29, 1.82) is 0 Å². The third-order valence-electron chi connectivity index (χ3n) is 4.27. The van der Waals surface area contributed by atoms with E-state index in [1.165, 1.54) is 11.8 Å². The third-order valence-corrected chi connectivity index (χ3v) is 5.54. The van der Waals surface area contributed by atoms with E-state index in [2.05, 4.69) is 10.9 Å². The molecule has 0 aliphatic carbocycles. The minimum absolute atomic E-state index is 0.132. The van der Waals surface area contributed by atoms with E-state index in [4.69, 9.17) is 9.47 Å².